The molecular formula is C11H11F5N2O. The first kappa shape index (κ1) is 15.4. The average Bonchev–Trinajstić information content (AvgIpc) is 2.24. The lowest BCUT2D eigenvalue weighted by molar-refractivity contribution is -0.126. The van der Waals surface area contributed by atoms with Crippen molar-refractivity contribution >= 4 is 11.6 Å². The first-order valence-electron chi connectivity index (χ1n) is 5.22. The van der Waals surface area contributed by atoms with Crippen molar-refractivity contribution in [2.24, 2.45) is 0 Å². The Morgan fingerprint density at radius 3 is 2.42 bits per heavy atom. The van der Waals surface area contributed by atoms with Crippen LogP contribution in [0.1, 0.15) is 5.56 Å². The van der Waals surface area contributed by atoms with Gasteiger partial charge in [-0.25, -0.2) is 8.78 Å². The number of carbonyl (C=O) groups is 1. The van der Waals surface area contributed by atoms with E-state index in [0.29, 0.717) is 0 Å². The molecule has 2 N–H and O–H groups in total. The second-order valence-corrected chi connectivity index (χ2v) is 3.85. The van der Waals surface area contributed by atoms with Crippen LogP contribution in [0.4, 0.5) is 27.6 Å². The molecule has 106 valence electrons. The summed E-state index contributed by atoms with van der Waals surface area (Å²) in [6, 6.07) is 1.65. The number of rotatable bonds is 4. The van der Waals surface area contributed by atoms with E-state index in [9.17, 15) is 26.7 Å². The van der Waals surface area contributed by atoms with Gasteiger partial charge in [-0.1, -0.05) is 0 Å². The minimum absolute atomic E-state index is 0.0608. The van der Waals surface area contributed by atoms with Crippen LogP contribution in [0.15, 0.2) is 12.1 Å². The lowest BCUT2D eigenvalue weighted by atomic mass is 10.2. The lowest BCUT2D eigenvalue weighted by Crippen LogP contribution is -2.35. The minimum Gasteiger partial charge on any atom is -0.322 e. The monoisotopic (exact) mass is 282 g/mol. The van der Waals surface area contributed by atoms with Crippen LogP contribution in [-0.4, -0.2) is 25.2 Å². The van der Waals surface area contributed by atoms with Crippen LogP contribution in [0.5, 0.6) is 0 Å². The Morgan fingerprint density at radius 1 is 1.21 bits per heavy atom. The number of carbonyl (C=O) groups excluding carboxylic acids is 1. The van der Waals surface area contributed by atoms with E-state index in [4.69, 9.17) is 0 Å². The van der Waals surface area contributed by atoms with Crippen molar-refractivity contribution in [1.82, 2.24) is 5.32 Å². The molecule has 0 aliphatic rings. The third-order valence-electron chi connectivity index (χ3n) is 2.13. The quantitative estimate of drug-likeness (QED) is 0.832. The topological polar surface area (TPSA) is 41.1 Å². The zero-order valence-electron chi connectivity index (χ0n) is 9.87. The number of amides is 1. The highest BCUT2D eigenvalue weighted by Crippen LogP contribution is 2.18. The molecule has 1 rings (SSSR count). The smallest absolute Gasteiger partial charge is 0.322 e. The predicted octanol–water partition coefficient (Wildman–Crippen LogP) is 2.36. The maximum absolute atomic E-state index is 13.3. The van der Waals surface area contributed by atoms with E-state index in [1.54, 1.807) is 0 Å². The molecule has 0 radical (unpaired) electrons. The van der Waals surface area contributed by atoms with Crippen LogP contribution in [0.3, 0.4) is 0 Å². The Kier molecular flexibility index (Phi) is 4.82. The number of hydrogen-bond donors (Lipinski definition) is 2. The Balaban J connectivity index is 2.56. The summed E-state index contributed by atoms with van der Waals surface area (Å²) in [7, 11) is 0. The van der Waals surface area contributed by atoms with Crippen molar-refractivity contribution in [3.63, 3.8) is 0 Å². The largest absolute Gasteiger partial charge is 0.401 e. The van der Waals surface area contributed by atoms with Crippen LogP contribution in [0, 0.1) is 18.6 Å². The van der Waals surface area contributed by atoms with Crippen molar-refractivity contribution in [3.8, 4) is 0 Å². The number of benzene rings is 1. The third-order valence-corrected chi connectivity index (χ3v) is 2.13. The third kappa shape index (κ3) is 5.21. The fraction of sp³-hybridized carbons (Fsp3) is 0.364. The molecule has 0 fully saturated rings. The molecular weight excluding hydrogens is 271 g/mol. The highest BCUT2D eigenvalue weighted by Gasteiger charge is 2.26. The maximum atomic E-state index is 13.3. The maximum Gasteiger partial charge on any atom is 0.401 e. The normalized spacial score (nSPS) is 11.5. The SMILES string of the molecule is Cc1cc(F)c(NC(=O)CNCC(F)(F)F)cc1F. The van der Waals surface area contributed by atoms with Crippen LogP contribution >= 0.6 is 0 Å². The Hall–Kier alpha value is -1.70. The number of halogens is 5. The fourth-order valence-electron chi connectivity index (χ4n) is 1.25. The molecule has 0 bridgehead atoms. The standard InChI is InChI=1S/C11H11F5N2O/c1-6-2-8(13)9(3-7(6)12)18-10(19)4-17-5-11(14,15)16/h2-3,17H,4-5H2,1H3,(H,18,19). The van der Waals surface area contributed by atoms with Crippen molar-refractivity contribution in [1.29, 1.82) is 0 Å². The van der Waals surface area contributed by atoms with Gasteiger partial charge < -0.3 is 10.6 Å². The van der Waals surface area contributed by atoms with Gasteiger partial charge in [-0.3, -0.25) is 4.79 Å². The molecule has 0 saturated carbocycles. The highest BCUT2D eigenvalue weighted by molar-refractivity contribution is 5.92. The summed E-state index contributed by atoms with van der Waals surface area (Å²) in [5.41, 5.74) is -0.354. The van der Waals surface area contributed by atoms with Gasteiger partial charge in [-0.05, 0) is 18.6 Å². The molecule has 1 aromatic carbocycles. The summed E-state index contributed by atoms with van der Waals surface area (Å²) >= 11 is 0. The van der Waals surface area contributed by atoms with Gasteiger partial charge in [-0.15, -0.1) is 0 Å². The van der Waals surface area contributed by atoms with Crippen LogP contribution in [0.25, 0.3) is 0 Å². The zero-order chi connectivity index (χ0) is 14.6. The molecule has 0 unspecified atom stereocenters. The summed E-state index contributed by atoms with van der Waals surface area (Å²) in [5, 5.41) is 3.82. The molecule has 0 aliphatic carbocycles. The molecule has 0 atom stereocenters. The number of nitrogens with one attached hydrogen (secondary N) is 2. The van der Waals surface area contributed by atoms with E-state index in [0.717, 1.165) is 12.1 Å². The van der Waals surface area contributed by atoms with E-state index in [1.165, 1.54) is 6.92 Å². The molecule has 0 saturated heterocycles. The zero-order valence-corrected chi connectivity index (χ0v) is 9.87. The summed E-state index contributed by atoms with van der Waals surface area (Å²) in [4.78, 5) is 11.2. The number of aryl methyl sites for hydroxylation is 1. The molecule has 8 heteroatoms. The summed E-state index contributed by atoms with van der Waals surface area (Å²) in [5.74, 6) is -2.48. The van der Waals surface area contributed by atoms with Gasteiger partial charge in [0.05, 0.1) is 18.8 Å². The van der Waals surface area contributed by atoms with E-state index >= 15 is 0 Å². The van der Waals surface area contributed by atoms with Crippen LogP contribution < -0.4 is 10.6 Å². The van der Waals surface area contributed by atoms with Gasteiger partial charge in [0.25, 0.3) is 0 Å². The van der Waals surface area contributed by atoms with Gasteiger partial charge in [0.1, 0.15) is 11.6 Å². The molecule has 0 aromatic heterocycles. The van der Waals surface area contributed by atoms with E-state index in [2.05, 4.69) is 0 Å². The Bertz CT molecular complexity index is 473. The van der Waals surface area contributed by atoms with E-state index in [1.807, 2.05) is 10.6 Å². The molecule has 0 aliphatic heterocycles. The van der Waals surface area contributed by atoms with Crippen LogP contribution in [0.2, 0.25) is 0 Å². The van der Waals surface area contributed by atoms with Crippen molar-refractivity contribution in [2.45, 2.75) is 13.1 Å². The molecule has 0 heterocycles. The highest BCUT2D eigenvalue weighted by atomic mass is 19.4. The van der Waals surface area contributed by atoms with Gasteiger partial charge in [0.2, 0.25) is 5.91 Å². The average molecular weight is 282 g/mol. The second-order valence-electron chi connectivity index (χ2n) is 3.85. The fourth-order valence-corrected chi connectivity index (χ4v) is 1.25. The molecule has 1 aromatic rings. The second kappa shape index (κ2) is 5.96. The Labute approximate surface area is 105 Å². The summed E-state index contributed by atoms with van der Waals surface area (Å²) in [6.45, 7) is -0.658. The molecule has 19 heavy (non-hydrogen) atoms. The van der Waals surface area contributed by atoms with Gasteiger partial charge in [-0.2, -0.15) is 13.2 Å². The molecule has 3 nitrogen and oxygen atoms in total. The van der Waals surface area contributed by atoms with E-state index in [-0.39, 0.29) is 5.56 Å². The number of anilines is 1. The van der Waals surface area contributed by atoms with Crippen molar-refractivity contribution < 1.29 is 26.7 Å². The van der Waals surface area contributed by atoms with Gasteiger partial charge in [0, 0.05) is 6.07 Å². The predicted molar refractivity (Wildman–Crippen MR) is 58.6 cm³/mol. The van der Waals surface area contributed by atoms with Gasteiger partial charge in [0.15, 0.2) is 0 Å². The Morgan fingerprint density at radius 2 is 1.84 bits per heavy atom. The first-order chi connectivity index (χ1) is 8.69. The lowest BCUT2D eigenvalue weighted by Gasteiger charge is -2.10. The summed E-state index contributed by atoms with van der Waals surface area (Å²) < 4.78 is 61.8. The molecule has 0 spiro atoms. The first-order valence-corrected chi connectivity index (χ1v) is 5.22. The molecule has 1 amide bonds. The van der Waals surface area contributed by atoms with Crippen LogP contribution in [-0.2, 0) is 4.79 Å². The van der Waals surface area contributed by atoms with Crippen molar-refractivity contribution in [2.75, 3.05) is 18.4 Å². The minimum atomic E-state index is -4.44. The number of hydrogen-bond acceptors (Lipinski definition) is 2. The number of alkyl halides is 3. The van der Waals surface area contributed by atoms with Gasteiger partial charge >= 0.3 is 6.18 Å². The van der Waals surface area contributed by atoms with E-state index < -0.39 is 42.5 Å². The summed E-state index contributed by atoms with van der Waals surface area (Å²) in [6.07, 6.45) is -4.44. The van der Waals surface area contributed by atoms with Crippen molar-refractivity contribution in [3.05, 3.63) is 29.3 Å².